The first-order chi connectivity index (χ1) is 11.3. The van der Waals surface area contributed by atoms with Crippen LogP contribution in [-0.2, 0) is 6.54 Å². The zero-order chi connectivity index (χ0) is 17.9. The van der Waals surface area contributed by atoms with E-state index in [0.29, 0.717) is 17.1 Å². The molecule has 24 heavy (non-hydrogen) atoms. The summed E-state index contributed by atoms with van der Waals surface area (Å²) < 4.78 is 44.0. The summed E-state index contributed by atoms with van der Waals surface area (Å²) in [5.41, 5.74) is 1.19. The first-order valence-electron chi connectivity index (χ1n) is 7.00. The van der Waals surface area contributed by atoms with Crippen LogP contribution in [0.5, 0.6) is 5.75 Å². The van der Waals surface area contributed by atoms with Crippen LogP contribution in [0, 0.1) is 12.7 Å². The van der Waals surface area contributed by atoms with Gasteiger partial charge in [0.2, 0.25) is 0 Å². The summed E-state index contributed by atoms with van der Waals surface area (Å²) in [7, 11) is 0. The van der Waals surface area contributed by atoms with E-state index in [9.17, 15) is 18.0 Å². The molecule has 1 aromatic carbocycles. The molecule has 2 rings (SSSR count). The molecule has 5 nitrogen and oxygen atoms in total. The minimum Gasteiger partial charge on any atom is -0.434 e. The van der Waals surface area contributed by atoms with Crippen molar-refractivity contribution in [3.63, 3.8) is 0 Å². The number of H-pyrrole nitrogens is 1. The zero-order valence-electron chi connectivity index (χ0n) is 13.1. The van der Waals surface area contributed by atoms with Crippen molar-refractivity contribution in [3.05, 3.63) is 63.7 Å². The first kappa shape index (κ1) is 17.6. The molecule has 1 N–H and O–H groups in total. The zero-order valence-corrected chi connectivity index (χ0v) is 13.1. The lowest BCUT2D eigenvalue weighted by atomic mass is 10.2. The largest absolute Gasteiger partial charge is 0.434 e. The van der Waals surface area contributed by atoms with E-state index in [4.69, 9.17) is 0 Å². The number of rotatable bonds is 6. The summed E-state index contributed by atoms with van der Waals surface area (Å²) in [6.45, 7) is 3.81. The van der Waals surface area contributed by atoms with Crippen LogP contribution < -0.4 is 10.4 Å². The maximum atomic E-state index is 13.4. The van der Waals surface area contributed by atoms with Gasteiger partial charge in [-0.05, 0) is 32.0 Å². The minimum absolute atomic E-state index is 0.123. The number of alkyl halides is 2. The van der Waals surface area contributed by atoms with Crippen molar-refractivity contribution in [1.82, 2.24) is 9.55 Å². The van der Waals surface area contributed by atoms with Gasteiger partial charge < -0.3 is 9.72 Å². The average Bonchev–Trinajstić information content (AvgIpc) is 2.75. The number of hydrogen-bond acceptors (Lipinski definition) is 3. The van der Waals surface area contributed by atoms with E-state index in [2.05, 4.69) is 21.3 Å². The van der Waals surface area contributed by atoms with E-state index in [1.165, 1.54) is 10.8 Å². The number of nitrogens with one attached hydrogen (secondary N) is 1. The number of ether oxygens (including phenoxy) is 1. The molecule has 0 atom stereocenters. The molecule has 0 aliphatic rings. The highest BCUT2D eigenvalue weighted by molar-refractivity contribution is 5.79. The smallest absolute Gasteiger partial charge is 0.387 e. The molecule has 0 unspecified atom stereocenters. The minimum atomic E-state index is -3.04. The number of nitrogens with zero attached hydrogens (tertiary/aromatic N) is 2. The van der Waals surface area contributed by atoms with Gasteiger partial charge in [0, 0.05) is 17.0 Å². The van der Waals surface area contributed by atoms with E-state index in [0.717, 1.165) is 18.2 Å². The monoisotopic (exact) mass is 339 g/mol. The number of benzene rings is 1. The van der Waals surface area contributed by atoms with E-state index < -0.39 is 18.1 Å². The molecule has 2 aromatic rings. The summed E-state index contributed by atoms with van der Waals surface area (Å²) in [5, 5.41) is 0. The second kappa shape index (κ2) is 7.20. The molecule has 0 saturated heterocycles. The van der Waals surface area contributed by atoms with Crippen molar-refractivity contribution < 1.29 is 17.9 Å². The number of aliphatic imine (C=N–C) groups is 1. The van der Waals surface area contributed by atoms with Gasteiger partial charge in [-0.2, -0.15) is 8.78 Å². The summed E-state index contributed by atoms with van der Waals surface area (Å²) in [5.74, 6) is -0.798. The van der Waals surface area contributed by atoms with Crippen molar-refractivity contribution in [2.75, 3.05) is 0 Å². The molecule has 1 heterocycles. The summed E-state index contributed by atoms with van der Waals surface area (Å²) in [6.07, 6.45) is 1.44. The number of halogens is 3. The van der Waals surface area contributed by atoms with Gasteiger partial charge in [-0.15, -0.1) is 0 Å². The van der Waals surface area contributed by atoms with Crippen LogP contribution in [0.25, 0.3) is 0 Å². The second-order valence-electron chi connectivity index (χ2n) is 5.14. The first-order valence-corrected chi connectivity index (χ1v) is 7.00. The molecule has 1 aromatic heterocycles. The van der Waals surface area contributed by atoms with Gasteiger partial charge in [0.15, 0.2) is 0 Å². The molecule has 0 saturated carbocycles. The van der Waals surface area contributed by atoms with Crippen molar-refractivity contribution >= 4 is 6.21 Å². The SMILES string of the molecule is C=C(C)N=Cc1[nH]c(=O)n(Cc2cc(F)ccc2OC(F)F)c1C. The topological polar surface area (TPSA) is 59.4 Å². The highest BCUT2D eigenvalue weighted by Crippen LogP contribution is 2.23. The maximum absolute atomic E-state index is 13.4. The number of aromatic nitrogens is 2. The second-order valence-corrected chi connectivity index (χ2v) is 5.14. The molecule has 0 aliphatic heterocycles. The molecule has 0 spiro atoms. The Morgan fingerprint density at radius 3 is 2.83 bits per heavy atom. The fourth-order valence-corrected chi connectivity index (χ4v) is 2.11. The summed E-state index contributed by atoms with van der Waals surface area (Å²) in [6, 6.07) is 3.17. The molecule has 0 aliphatic carbocycles. The molecule has 0 amide bonds. The highest BCUT2D eigenvalue weighted by Gasteiger charge is 2.15. The van der Waals surface area contributed by atoms with Gasteiger partial charge in [-0.25, -0.2) is 9.18 Å². The Morgan fingerprint density at radius 1 is 1.50 bits per heavy atom. The highest BCUT2D eigenvalue weighted by atomic mass is 19.3. The lowest BCUT2D eigenvalue weighted by molar-refractivity contribution is -0.0505. The fourth-order valence-electron chi connectivity index (χ4n) is 2.11. The Labute approximate surface area is 136 Å². The van der Waals surface area contributed by atoms with E-state index in [1.54, 1.807) is 13.8 Å². The van der Waals surface area contributed by atoms with Gasteiger partial charge in [0.05, 0.1) is 18.5 Å². The van der Waals surface area contributed by atoms with Gasteiger partial charge in [0.25, 0.3) is 0 Å². The Morgan fingerprint density at radius 2 is 2.21 bits per heavy atom. The van der Waals surface area contributed by atoms with Crippen LogP contribution in [0.2, 0.25) is 0 Å². The molecule has 0 radical (unpaired) electrons. The Hall–Kier alpha value is -2.77. The summed E-state index contributed by atoms with van der Waals surface area (Å²) in [4.78, 5) is 18.7. The predicted molar refractivity (Wildman–Crippen MR) is 84.3 cm³/mol. The van der Waals surface area contributed by atoms with Gasteiger partial charge in [0.1, 0.15) is 11.6 Å². The van der Waals surface area contributed by atoms with Crippen LogP contribution >= 0.6 is 0 Å². The quantitative estimate of drug-likeness (QED) is 0.822. The third-order valence-electron chi connectivity index (χ3n) is 3.26. The van der Waals surface area contributed by atoms with Crippen LogP contribution in [0.15, 0.2) is 40.3 Å². The lowest BCUT2D eigenvalue weighted by Gasteiger charge is -2.12. The predicted octanol–water partition coefficient (Wildman–Crippen LogP) is 3.23. The fraction of sp³-hybridized carbons (Fsp3) is 0.250. The lowest BCUT2D eigenvalue weighted by Crippen LogP contribution is -2.19. The molecular formula is C16H16F3N3O2. The van der Waals surface area contributed by atoms with Crippen LogP contribution in [0.3, 0.4) is 0 Å². The van der Waals surface area contributed by atoms with Crippen molar-refractivity contribution in [1.29, 1.82) is 0 Å². The van der Waals surface area contributed by atoms with Gasteiger partial charge in [-0.1, -0.05) is 6.58 Å². The standard InChI is InChI=1S/C16H16F3N3O2/c1-9(2)20-7-13-10(3)22(16(23)21-13)8-11-6-12(17)4-5-14(11)24-15(18)19/h4-7,15H,1,8H2,2-3H3,(H,21,23). The normalized spacial score (nSPS) is 11.4. The van der Waals surface area contributed by atoms with Crippen molar-refractivity contribution in [3.8, 4) is 5.75 Å². The third-order valence-corrected chi connectivity index (χ3v) is 3.26. The van der Waals surface area contributed by atoms with Crippen LogP contribution in [0.4, 0.5) is 13.2 Å². The number of hydrogen-bond donors (Lipinski definition) is 1. The Balaban J connectivity index is 2.40. The number of aromatic amines is 1. The van der Waals surface area contributed by atoms with Crippen molar-refractivity contribution in [2.24, 2.45) is 4.99 Å². The van der Waals surface area contributed by atoms with E-state index in [-0.39, 0.29) is 17.9 Å². The molecule has 8 heteroatoms. The molecule has 128 valence electrons. The molecule has 0 bridgehead atoms. The summed E-state index contributed by atoms with van der Waals surface area (Å²) >= 11 is 0. The van der Waals surface area contributed by atoms with Gasteiger partial charge in [-0.3, -0.25) is 9.56 Å². The van der Waals surface area contributed by atoms with E-state index >= 15 is 0 Å². The third kappa shape index (κ3) is 4.15. The van der Waals surface area contributed by atoms with Gasteiger partial charge >= 0.3 is 12.3 Å². The Bertz CT molecular complexity index is 838. The van der Waals surface area contributed by atoms with Crippen LogP contribution in [-0.4, -0.2) is 22.4 Å². The number of imidazole rings is 1. The van der Waals surface area contributed by atoms with E-state index in [1.807, 2.05) is 0 Å². The number of allylic oxidation sites excluding steroid dienone is 1. The van der Waals surface area contributed by atoms with Crippen molar-refractivity contribution in [2.45, 2.75) is 27.0 Å². The molecular weight excluding hydrogens is 323 g/mol. The molecule has 0 fully saturated rings. The maximum Gasteiger partial charge on any atom is 0.387 e. The Kier molecular flexibility index (Phi) is 5.28. The van der Waals surface area contributed by atoms with Crippen LogP contribution in [0.1, 0.15) is 23.9 Å². The average molecular weight is 339 g/mol.